The van der Waals surface area contributed by atoms with Crippen molar-refractivity contribution in [1.82, 2.24) is 15.1 Å². The summed E-state index contributed by atoms with van der Waals surface area (Å²) in [7, 11) is 0. The van der Waals surface area contributed by atoms with E-state index in [0.717, 1.165) is 31.2 Å². The average molecular weight is 495 g/mol. The van der Waals surface area contributed by atoms with Crippen molar-refractivity contribution in [1.29, 1.82) is 0 Å². The number of non-ortho nitro benzene ring substituents is 1. The van der Waals surface area contributed by atoms with Crippen molar-refractivity contribution in [2.75, 3.05) is 18.4 Å². The van der Waals surface area contributed by atoms with E-state index in [1.807, 2.05) is 25.1 Å². The maximum atomic E-state index is 13.5. The zero-order valence-electron chi connectivity index (χ0n) is 20.1. The van der Waals surface area contributed by atoms with Gasteiger partial charge in [0.2, 0.25) is 0 Å². The van der Waals surface area contributed by atoms with Crippen LogP contribution in [0.1, 0.15) is 41.6 Å². The second kappa shape index (κ2) is 10.7. The lowest BCUT2D eigenvalue weighted by Crippen LogP contribution is -2.56. The number of nitrogens with one attached hydrogen (secondary N) is 2. The minimum absolute atomic E-state index is 0.0871. The molecular weight excluding hydrogens is 464 g/mol. The summed E-state index contributed by atoms with van der Waals surface area (Å²) >= 11 is 0. The largest absolute Gasteiger partial charge is 0.350 e. The third-order valence-electron chi connectivity index (χ3n) is 6.64. The highest BCUT2D eigenvalue weighted by Gasteiger charge is 2.43. The molecule has 0 radical (unpaired) electrons. The number of nitrogens with two attached hydrogens (primary N) is 1. The van der Waals surface area contributed by atoms with Gasteiger partial charge in [0.15, 0.2) is 6.17 Å². The van der Waals surface area contributed by atoms with Crippen LogP contribution in [0.3, 0.4) is 0 Å². The van der Waals surface area contributed by atoms with E-state index in [1.54, 1.807) is 6.07 Å². The van der Waals surface area contributed by atoms with Gasteiger partial charge in [-0.15, -0.1) is 0 Å². The molecular formula is C25H30N6O5. The zero-order chi connectivity index (χ0) is 25.8. The fraction of sp³-hybridized carbons (Fsp3) is 0.400. The van der Waals surface area contributed by atoms with Crippen molar-refractivity contribution >= 4 is 29.2 Å². The number of benzene rings is 2. The van der Waals surface area contributed by atoms with Crippen molar-refractivity contribution in [2.24, 2.45) is 5.73 Å². The molecule has 190 valence electrons. The third kappa shape index (κ3) is 5.62. The van der Waals surface area contributed by atoms with Gasteiger partial charge in [-0.2, -0.15) is 0 Å². The Labute approximate surface area is 208 Å². The summed E-state index contributed by atoms with van der Waals surface area (Å²) in [5.41, 5.74) is 7.59. The molecule has 2 aliphatic rings. The Hall–Kier alpha value is -3.99. The molecule has 2 aromatic rings. The molecule has 0 aromatic heterocycles. The number of aryl methyl sites for hydroxylation is 1. The van der Waals surface area contributed by atoms with E-state index in [9.17, 15) is 24.5 Å². The van der Waals surface area contributed by atoms with Crippen LogP contribution in [0.4, 0.5) is 16.2 Å². The van der Waals surface area contributed by atoms with Crippen molar-refractivity contribution in [3.63, 3.8) is 0 Å². The van der Waals surface area contributed by atoms with E-state index in [-0.39, 0.29) is 36.4 Å². The molecule has 1 aliphatic heterocycles. The van der Waals surface area contributed by atoms with E-state index in [4.69, 9.17) is 5.73 Å². The summed E-state index contributed by atoms with van der Waals surface area (Å²) in [5, 5.41) is 16.8. The number of carbonyl (C=O) groups is 3. The first-order valence-corrected chi connectivity index (χ1v) is 12.0. The first-order chi connectivity index (χ1) is 17.2. The van der Waals surface area contributed by atoms with Crippen LogP contribution in [0.2, 0.25) is 0 Å². The Morgan fingerprint density at radius 3 is 2.31 bits per heavy atom. The summed E-state index contributed by atoms with van der Waals surface area (Å²) in [6.45, 7) is 2.21. The average Bonchev–Trinajstić information content (AvgIpc) is 3.31. The number of rotatable bonds is 5. The summed E-state index contributed by atoms with van der Waals surface area (Å²) in [6, 6.07) is 12.0. The van der Waals surface area contributed by atoms with Crippen LogP contribution in [-0.2, 0) is 4.79 Å². The lowest BCUT2D eigenvalue weighted by molar-refractivity contribution is -0.384. The predicted molar refractivity (Wildman–Crippen MR) is 133 cm³/mol. The van der Waals surface area contributed by atoms with Gasteiger partial charge in [-0.3, -0.25) is 24.6 Å². The second-order valence-electron chi connectivity index (χ2n) is 9.29. The highest BCUT2D eigenvalue weighted by molar-refractivity contribution is 6.00. The molecule has 1 aliphatic carbocycles. The fourth-order valence-corrected chi connectivity index (χ4v) is 4.69. The maximum absolute atomic E-state index is 13.5. The molecule has 4 amide bonds. The summed E-state index contributed by atoms with van der Waals surface area (Å²) in [6.07, 6.45) is 1.88. The molecule has 36 heavy (non-hydrogen) atoms. The molecule has 0 bridgehead atoms. The number of nitro groups is 1. The van der Waals surface area contributed by atoms with Gasteiger partial charge in [-0.1, -0.05) is 12.1 Å². The first-order valence-electron chi connectivity index (χ1n) is 12.0. The molecule has 11 heteroatoms. The molecule has 2 aromatic carbocycles. The van der Waals surface area contributed by atoms with Crippen LogP contribution in [0.15, 0.2) is 48.5 Å². The molecule has 4 N–H and O–H groups in total. The lowest BCUT2D eigenvalue weighted by Gasteiger charge is -2.32. The van der Waals surface area contributed by atoms with Gasteiger partial charge < -0.3 is 21.3 Å². The van der Waals surface area contributed by atoms with E-state index in [1.165, 1.54) is 34.1 Å². The Balaban J connectivity index is 1.56. The quantitative estimate of drug-likeness (QED) is 0.429. The van der Waals surface area contributed by atoms with E-state index in [0.29, 0.717) is 5.69 Å². The number of nitro benzene ring substituents is 1. The number of amides is 4. The van der Waals surface area contributed by atoms with Gasteiger partial charge >= 0.3 is 6.03 Å². The predicted octanol–water partition coefficient (Wildman–Crippen LogP) is 2.61. The molecule has 2 fully saturated rings. The maximum Gasteiger partial charge on any atom is 0.323 e. The molecule has 11 nitrogen and oxygen atoms in total. The van der Waals surface area contributed by atoms with Gasteiger partial charge in [-0.25, -0.2) is 4.79 Å². The van der Waals surface area contributed by atoms with Gasteiger partial charge in [0.1, 0.15) is 0 Å². The van der Waals surface area contributed by atoms with Crippen LogP contribution in [-0.4, -0.2) is 63.9 Å². The topological polar surface area (TPSA) is 151 Å². The molecule has 1 saturated heterocycles. The highest BCUT2D eigenvalue weighted by Crippen LogP contribution is 2.23. The highest BCUT2D eigenvalue weighted by atomic mass is 16.6. The van der Waals surface area contributed by atoms with Crippen LogP contribution in [0.5, 0.6) is 0 Å². The monoisotopic (exact) mass is 494 g/mol. The zero-order valence-corrected chi connectivity index (χ0v) is 20.1. The Morgan fingerprint density at radius 1 is 1.00 bits per heavy atom. The van der Waals surface area contributed by atoms with Crippen molar-refractivity contribution in [3.05, 3.63) is 69.8 Å². The molecule has 1 unspecified atom stereocenters. The molecule has 1 atom stereocenters. The number of carbonyl (C=O) groups excluding carboxylic acids is 3. The molecule has 1 saturated carbocycles. The van der Waals surface area contributed by atoms with Crippen LogP contribution >= 0.6 is 0 Å². The normalized spacial score (nSPS) is 21.7. The van der Waals surface area contributed by atoms with Crippen LogP contribution in [0.25, 0.3) is 0 Å². The second-order valence-corrected chi connectivity index (χ2v) is 9.29. The number of hydrogen-bond acceptors (Lipinski definition) is 6. The Morgan fingerprint density at radius 2 is 1.67 bits per heavy atom. The number of urea groups is 1. The van der Waals surface area contributed by atoms with Crippen molar-refractivity contribution in [2.45, 2.75) is 50.9 Å². The van der Waals surface area contributed by atoms with Crippen LogP contribution < -0.4 is 16.4 Å². The summed E-state index contributed by atoms with van der Waals surface area (Å²) < 4.78 is 0. The summed E-state index contributed by atoms with van der Waals surface area (Å²) in [5.74, 6) is -0.927. The molecule has 1 heterocycles. The minimum Gasteiger partial charge on any atom is -0.350 e. The Kier molecular flexibility index (Phi) is 7.49. The smallest absolute Gasteiger partial charge is 0.323 e. The lowest BCUT2D eigenvalue weighted by atomic mass is 9.92. The molecule has 0 spiro atoms. The van der Waals surface area contributed by atoms with Gasteiger partial charge in [0.25, 0.3) is 17.5 Å². The minimum atomic E-state index is -1.16. The number of anilines is 1. The standard InChI is InChI=1S/C25H30N6O5/c1-16-3-2-4-20(15-16)28-25(34)30-14-13-29(24(33)17-5-11-21(12-6-17)31(35)36)23(30)22(32)27-19-9-7-18(26)8-10-19/h2-6,11-12,15,18-19,23H,7-10,13-14,26H2,1H3,(H,27,32)(H,28,34). The fourth-order valence-electron chi connectivity index (χ4n) is 4.69. The van der Waals surface area contributed by atoms with Gasteiger partial charge in [0, 0.05) is 48.6 Å². The first kappa shape index (κ1) is 25.1. The molecule has 4 rings (SSSR count). The van der Waals surface area contributed by atoms with Crippen LogP contribution in [0, 0.1) is 17.0 Å². The number of nitrogens with zero attached hydrogens (tertiary/aromatic N) is 3. The summed E-state index contributed by atoms with van der Waals surface area (Å²) in [4.78, 5) is 53.1. The van der Waals surface area contributed by atoms with Gasteiger partial charge in [-0.05, 0) is 62.4 Å². The van der Waals surface area contributed by atoms with E-state index in [2.05, 4.69) is 10.6 Å². The third-order valence-corrected chi connectivity index (χ3v) is 6.64. The van der Waals surface area contributed by atoms with E-state index >= 15 is 0 Å². The van der Waals surface area contributed by atoms with Crippen molar-refractivity contribution in [3.8, 4) is 0 Å². The number of hydrogen-bond donors (Lipinski definition) is 3. The van der Waals surface area contributed by atoms with Gasteiger partial charge in [0.05, 0.1) is 4.92 Å². The Bertz CT molecular complexity index is 1150. The SMILES string of the molecule is Cc1cccc(NC(=O)N2CCN(C(=O)c3ccc([N+](=O)[O-])cc3)C2C(=O)NC2CCC(N)CC2)c1. The van der Waals surface area contributed by atoms with E-state index < -0.39 is 28.9 Å². The van der Waals surface area contributed by atoms with Crippen molar-refractivity contribution < 1.29 is 19.3 Å².